The van der Waals surface area contributed by atoms with Crippen LogP contribution in [0.4, 0.5) is 17.5 Å². The molecule has 218 valence electrons. The number of anilines is 3. The van der Waals surface area contributed by atoms with E-state index in [1.807, 2.05) is 44.1 Å². The molecule has 2 aromatic heterocycles. The van der Waals surface area contributed by atoms with Crippen molar-refractivity contribution >= 4 is 50.8 Å². The zero-order valence-corrected chi connectivity index (χ0v) is 25.6. The lowest BCUT2D eigenvalue weighted by molar-refractivity contribution is -0.135. The Bertz CT molecular complexity index is 1420. The lowest BCUT2D eigenvalue weighted by Crippen LogP contribution is -2.45. The van der Waals surface area contributed by atoms with E-state index in [1.165, 1.54) is 11.0 Å². The molecule has 3 aromatic rings. The Morgan fingerprint density at radius 2 is 1.98 bits per heavy atom. The number of likely N-dealkylation sites (N-methyl/N-ethyl adjacent to an activating group) is 2. The summed E-state index contributed by atoms with van der Waals surface area (Å²) in [6, 6.07) is 5.47. The van der Waals surface area contributed by atoms with Crippen molar-refractivity contribution in [3.05, 3.63) is 47.1 Å². The Morgan fingerprint density at radius 1 is 1.17 bits per heavy atom. The van der Waals surface area contributed by atoms with E-state index in [-0.39, 0.29) is 11.8 Å². The third kappa shape index (κ3) is 9.84. The number of aryl methyl sites for hydroxylation is 1. The van der Waals surface area contributed by atoms with Gasteiger partial charge in [-0.2, -0.15) is 4.98 Å². The molecule has 0 saturated carbocycles. The van der Waals surface area contributed by atoms with Crippen LogP contribution in [-0.2, 0) is 9.59 Å². The zero-order valence-electron chi connectivity index (χ0n) is 24.7. The van der Waals surface area contributed by atoms with Gasteiger partial charge in [-0.3, -0.25) is 9.59 Å². The van der Waals surface area contributed by atoms with Crippen LogP contribution in [0.1, 0.15) is 43.7 Å². The minimum absolute atomic E-state index is 0.193. The van der Waals surface area contributed by atoms with E-state index in [4.69, 9.17) is 0 Å². The SMILES string of the molecule is CCCNc1nc(Nc2ccc3sc(C)nc3c2)ncc1C#CCCCNC(=O)[C@H](C)N(C)C(=O)C=CCN(C)C. The smallest absolute Gasteiger partial charge is 0.246 e. The predicted octanol–water partition coefficient (Wildman–Crippen LogP) is 4.17. The van der Waals surface area contributed by atoms with Gasteiger partial charge in [-0.1, -0.05) is 24.8 Å². The number of benzene rings is 1. The van der Waals surface area contributed by atoms with E-state index in [9.17, 15) is 9.59 Å². The van der Waals surface area contributed by atoms with Gasteiger partial charge in [0.25, 0.3) is 0 Å². The summed E-state index contributed by atoms with van der Waals surface area (Å²) in [4.78, 5) is 41.8. The predicted molar refractivity (Wildman–Crippen MR) is 168 cm³/mol. The number of hydrogen-bond donors (Lipinski definition) is 3. The highest BCUT2D eigenvalue weighted by Gasteiger charge is 2.20. The normalized spacial score (nSPS) is 11.8. The Morgan fingerprint density at radius 3 is 2.73 bits per heavy atom. The molecule has 2 heterocycles. The van der Waals surface area contributed by atoms with Gasteiger partial charge >= 0.3 is 0 Å². The maximum atomic E-state index is 12.5. The minimum atomic E-state index is -0.568. The Labute approximate surface area is 246 Å². The van der Waals surface area contributed by atoms with Crippen molar-refractivity contribution < 1.29 is 9.59 Å². The van der Waals surface area contributed by atoms with Crippen LogP contribution in [0.3, 0.4) is 0 Å². The Kier molecular flexibility index (Phi) is 12.1. The van der Waals surface area contributed by atoms with E-state index in [0.717, 1.165) is 39.4 Å². The first-order valence-electron chi connectivity index (χ1n) is 13.8. The van der Waals surface area contributed by atoms with Gasteiger partial charge in [-0.05, 0) is 59.0 Å². The average molecular weight is 577 g/mol. The first kappa shape index (κ1) is 31.5. The number of nitrogens with zero attached hydrogens (tertiary/aromatic N) is 5. The highest BCUT2D eigenvalue weighted by Crippen LogP contribution is 2.26. The van der Waals surface area contributed by atoms with Crippen LogP contribution in [0.5, 0.6) is 0 Å². The molecule has 3 N–H and O–H groups in total. The van der Waals surface area contributed by atoms with Gasteiger partial charge in [0.1, 0.15) is 11.9 Å². The summed E-state index contributed by atoms with van der Waals surface area (Å²) in [5.41, 5.74) is 2.54. The lowest BCUT2D eigenvalue weighted by Gasteiger charge is -2.23. The molecule has 2 amide bonds. The first-order chi connectivity index (χ1) is 19.7. The maximum Gasteiger partial charge on any atom is 0.246 e. The van der Waals surface area contributed by atoms with E-state index in [1.54, 1.807) is 37.6 Å². The number of rotatable bonds is 13. The number of nitrogens with one attached hydrogen (secondary N) is 3. The molecule has 11 heteroatoms. The van der Waals surface area contributed by atoms with Crippen molar-refractivity contribution in [3.63, 3.8) is 0 Å². The summed E-state index contributed by atoms with van der Waals surface area (Å²) in [6.07, 6.45) is 7.22. The van der Waals surface area contributed by atoms with Crippen molar-refractivity contribution in [2.24, 2.45) is 0 Å². The van der Waals surface area contributed by atoms with Crippen LogP contribution in [0, 0.1) is 18.8 Å². The summed E-state index contributed by atoms with van der Waals surface area (Å²) in [7, 11) is 5.48. The van der Waals surface area contributed by atoms with E-state index < -0.39 is 6.04 Å². The van der Waals surface area contributed by atoms with E-state index in [2.05, 4.69) is 49.7 Å². The van der Waals surface area contributed by atoms with Crippen LogP contribution in [0.15, 0.2) is 36.5 Å². The number of hydrogen-bond acceptors (Lipinski definition) is 9. The fraction of sp³-hybridized carbons (Fsp3) is 0.433. The quantitative estimate of drug-likeness (QED) is 0.158. The second kappa shape index (κ2) is 15.7. The fourth-order valence-electron chi connectivity index (χ4n) is 3.70. The summed E-state index contributed by atoms with van der Waals surface area (Å²) in [5.74, 6) is 7.08. The van der Waals surface area contributed by atoms with Crippen LogP contribution < -0.4 is 16.0 Å². The summed E-state index contributed by atoms with van der Waals surface area (Å²) < 4.78 is 1.14. The molecule has 0 fully saturated rings. The van der Waals surface area contributed by atoms with Gasteiger partial charge in [0, 0.05) is 44.9 Å². The third-order valence-corrected chi connectivity index (χ3v) is 7.07. The molecule has 10 nitrogen and oxygen atoms in total. The largest absolute Gasteiger partial charge is 0.369 e. The first-order valence-corrected chi connectivity index (χ1v) is 14.6. The van der Waals surface area contributed by atoms with Gasteiger partial charge in [0.15, 0.2) is 0 Å². The van der Waals surface area contributed by atoms with Gasteiger partial charge in [-0.15, -0.1) is 11.3 Å². The van der Waals surface area contributed by atoms with Gasteiger partial charge < -0.3 is 25.8 Å². The van der Waals surface area contributed by atoms with Crippen molar-refractivity contribution in [2.75, 3.05) is 51.4 Å². The van der Waals surface area contributed by atoms with Crippen LogP contribution in [0.2, 0.25) is 0 Å². The summed E-state index contributed by atoms with van der Waals surface area (Å²) in [6.45, 7) is 7.71. The number of aromatic nitrogens is 3. The van der Waals surface area contributed by atoms with Gasteiger partial charge in [0.2, 0.25) is 17.8 Å². The highest BCUT2D eigenvalue weighted by atomic mass is 32.1. The molecule has 0 aliphatic heterocycles. The molecule has 1 aromatic carbocycles. The molecular formula is C30H40N8O2S. The van der Waals surface area contributed by atoms with Crippen molar-refractivity contribution in [1.29, 1.82) is 0 Å². The maximum absolute atomic E-state index is 12.5. The molecule has 0 aliphatic carbocycles. The van der Waals surface area contributed by atoms with E-state index in [0.29, 0.717) is 37.7 Å². The average Bonchev–Trinajstić information content (AvgIpc) is 3.32. The Hall–Kier alpha value is -4.01. The van der Waals surface area contributed by atoms with Crippen molar-refractivity contribution in [1.82, 2.24) is 30.1 Å². The second-order valence-corrected chi connectivity index (χ2v) is 11.1. The molecule has 0 saturated heterocycles. The van der Waals surface area contributed by atoms with Crippen LogP contribution >= 0.6 is 11.3 Å². The topological polar surface area (TPSA) is 115 Å². The summed E-state index contributed by atoms with van der Waals surface area (Å²) in [5, 5.41) is 10.5. The lowest BCUT2D eigenvalue weighted by atomic mass is 10.2. The molecule has 41 heavy (non-hydrogen) atoms. The number of carbonyl (C=O) groups excluding carboxylic acids is 2. The fourth-order valence-corrected chi connectivity index (χ4v) is 4.51. The third-order valence-electron chi connectivity index (χ3n) is 6.12. The number of amides is 2. The highest BCUT2D eigenvalue weighted by molar-refractivity contribution is 7.18. The molecular weight excluding hydrogens is 536 g/mol. The molecule has 0 aliphatic rings. The second-order valence-electron chi connectivity index (χ2n) is 9.91. The Balaban J connectivity index is 1.52. The monoisotopic (exact) mass is 576 g/mol. The molecule has 0 bridgehead atoms. The molecule has 0 radical (unpaired) electrons. The number of thiazole rings is 1. The zero-order chi connectivity index (χ0) is 29.8. The van der Waals surface area contributed by atoms with E-state index >= 15 is 0 Å². The minimum Gasteiger partial charge on any atom is -0.369 e. The molecule has 0 unspecified atom stereocenters. The number of fused-ring (bicyclic) bond motifs is 1. The van der Waals surface area contributed by atoms with Gasteiger partial charge in [0.05, 0.1) is 27.0 Å². The van der Waals surface area contributed by atoms with Crippen molar-refractivity contribution in [2.45, 2.75) is 46.1 Å². The molecule has 1 atom stereocenters. The van der Waals surface area contributed by atoms with Crippen LogP contribution in [0.25, 0.3) is 10.2 Å². The molecule has 3 rings (SSSR count). The standard InChI is InChI=1S/C30H40N8O2S/c1-7-16-31-28-23(20-33-30(36-28)35-24-14-15-26-25(19-24)34-22(3)41-26)12-9-8-10-17-32-29(40)21(2)38(6)27(39)13-11-18-37(4)5/h11,13-15,19-21H,7-8,10,16-18H2,1-6H3,(H,32,40)(H2,31,33,35,36)/t21-/m0/s1. The van der Waals surface area contributed by atoms with Crippen LogP contribution in [-0.4, -0.2) is 83.4 Å². The van der Waals surface area contributed by atoms with Gasteiger partial charge in [-0.25, -0.2) is 9.97 Å². The van der Waals surface area contributed by atoms with Crippen molar-refractivity contribution in [3.8, 4) is 11.8 Å². The summed E-state index contributed by atoms with van der Waals surface area (Å²) >= 11 is 1.67. The number of unbranched alkanes of at least 4 members (excludes halogenated alkanes) is 1. The molecule has 0 spiro atoms. The number of carbonyl (C=O) groups is 2.